The Morgan fingerprint density at radius 2 is 2.25 bits per heavy atom. The van der Waals surface area contributed by atoms with E-state index in [1.165, 1.54) is 0 Å². The van der Waals surface area contributed by atoms with Gasteiger partial charge in [-0.2, -0.15) is 0 Å². The average molecular weight is 227 g/mol. The highest BCUT2D eigenvalue weighted by Crippen LogP contribution is 2.28. The number of hydrogen-bond donors (Lipinski definition) is 1. The molecule has 0 saturated heterocycles. The van der Waals surface area contributed by atoms with Gasteiger partial charge in [-0.1, -0.05) is 0 Å². The van der Waals surface area contributed by atoms with E-state index in [9.17, 15) is 4.79 Å². The molecule has 0 fully saturated rings. The van der Waals surface area contributed by atoms with Crippen molar-refractivity contribution in [2.45, 2.75) is 12.8 Å². The fraction of sp³-hybridized carbons (Fsp3) is 0.250. The molecular formula is C8H7BrN2O. The van der Waals surface area contributed by atoms with Gasteiger partial charge < -0.3 is 5.32 Å². The zero-order chi connectivity index (χ0) is 8.55. The number of nitrogens with one attached hydrogen (secondary N) is 1. The van der Waals surface area contributed by atoms with Crippen LogP contribution in [0.1, 0.15) is 12.0 Å². The number of aryl methyl sites for hydroxylation is 1. The Kier molecular flexibility index (Phi) is 1.84. The van der Waals surface area contributed by atoms with Gasteiger partial charge in [0, 0.05) is 18.8 Å². The molecule has 1 amide bonds. The summed E-state index contributed by atoms with van der Waals surface area (Å²) in [4.78, 5) is 15.1. The third-order valence-corrected chi connectivity index (χ3v) is 2.47. The van der Waals surface area contributed by atoms with Crippen LogP contribution in [0.4, 0.5) is 5.69 Å². The Balaban J connectivity index is 2.50. The van der Waals surface area contributed by atoms with Gasteiger partial charge in [-0.3, -0.25) is 9.78 Å². The number of halogens is 1. The number of hydrogen-bond acceptors (Lipinski definition) is 2. The molecule has 1 aliphatic rings. The van der Waals surface area contributed by atoms with Gasteiger partial charge in [-0.15, -0.1) is 0 Å². The molecule has 2 rings (SSSR count). The molecule has 0 atom stereocenters. The van der Waals surface area contributed by atoms with E-state index in [0.29, 0.717) is 6.42 Å². The maximum absolute atomic E-state index is 11.0. The number of rotatable bonds is 0. The fourth-order valence-electron chi connectivity index (χ4n) is 1.25. The number of nitrogens with zero attached hydrogens (tertiary/aromatic N) is 1. The quantitative estimate of drug-likeness (QED) is 0.733. The molecule has 1 N–H and O–H groups in total. The van der Waals surface area contributed by atoms with Crippen molar-refractivity contribution in [3.63, 3.8) is 0 Å². The first-order valence-electron chi connectivity index (χ1n) is 3.69. The zero-order valence-corrected chi connectivity index (χ0v) is 7.89. The van der Waals surface area contributed by atoms with Gasteiger partial charge in [0.2, 0.25) is 5.91 Å². The van der Waals surface area contributed by atoms with Gasteiger partial charge in [0.05, 0.1) is 10.2 Å². The number of carbonyl (C=O) groups excluding carboxylic acids is 1. The van der Waals surface area contributed by atoms with Crippen molar-refractivity contribution in [1.82, 2.24) is 4.98 Å². The summed E-state index contributed by atoms with van der Waals surface area (Å²) in [7, 11) is 0. The van der Waals surface area contributed by atoms with E-state index in [4.69, 9.17) is 0 Å². The van der Waals surface area contributed by atoms with E-state index in [0.717, 1.165) is 22.1 Å². The Hall–Kier alpha value is -0.900. The lowest BCUT2D eigenvalue weighted by atomic mass is 10.1. The minimum Gasteiger partial charge on any atom is -0.325 e. The molecular weight excluding hydrogens is 220 g/mol. The Labute approximate surface area is 78.3 Å². The number of carbonyl (C=O) groups is 1. The van der Waals surface area contributed by atoms with Crippen LogP contribution in [0.5, 0.6) is 0 Å². The van der Waals surface area contributed by atoms with Crippen LogP contribution in [0.15, 0.2) is 16.9 Å². The van der Waals surface area contributed by atoms with Crippen molar-refractivity contribution in [2.75, 3.05) is 5.32 Å². The Morgan fingerprint density at radius 3 is 3.08 bits per heavy atom. The summed E-state index contributed by atoms with van der Waals surface area (Å²) in [6, 6.07) is 0. The highest BCUT2D eigenvalue weighted by Gasteiger charge is 2.16. The third-order valence-electron chi connectivity index (χ3n) is 1.86. The van der Waals surface area contributed by atoms with E-state index in [2.05, 4.69) is 26.2 Å². The monoisotopic (exact) mass is 226 g/mol. The molecule has 1 aromatic heterocycles. The van der Waals surface area contributed by atoms with E-state index < -0.39 is 0 Å². The first kappa shape index (κ1) is 7.73. The van der Waals surface area contributed by atoms with E-state index in [1.54, 1.807) is 12.4 Å². The summed E-state index contributed by atoms with van der Waals surface area (Å²) in [6.45, 7) is 0. The number of pyridine rings is 1. The summed E-state index contributed by atoms with van der Waals surface area (Å²) in [5.74, 6) is 0.0781. The smallest absolute Gasteiger partial charge is 0.224 e. The van der Waals surface area contributed by atoms with Crippen LogP contribution in [0, 0.1) is 0 Å². The number of anilines is 1. The van der Waals surface area contributed by atoms with Crippen LogP contribution in [0.2, 0.25) is 0 Å². The topological polar surface area (TPSA) is 42.0 Å². The molecule has 4 heteroatoms. The number of amides is 1. The second-order valence-electron chi connectivity index (χ2n) is 2.70. The van der Waals surface area contributed by atoms with Gasteiger partial charge in [-0.25, -0.2) is 0 Å². The molecule has 12 heavy (non-hydrogen) atoms. The SMILES string of the molecule is O=C1CCc2cncc(Br)c2N1. The molecule has 3 nitrogen and oxygen atoms in total. The normalized spacial score (nSPS) is 15.2. The largest absolute Gasteiger partial charge is 0.325 e. The first-order chi connectivity index (χ1) is 5.77. The average Bonchev–Trinajstić information content (AvgIpc) is 2.07. The minimum atomic E-state index is 0.0781. The Bertz CT molecular complexity index is 338. The van der Waals surface area contributed by atoms with Crippen molar-refractivity contribution in [1.29, 1.82) is 0 Å². The fourth-order valence-corrected chi connectivity index (χ4v) is 1.73. The molecule has 0 spiro atoms. The molecule has 62 valence electrons. The van der Waals surface area contributed by atoms with Crippen LogP contribution in [0.25, 0.3) is 0 Å². The van der Waals surface area contributed by atoms with E-state index in [-0.39, 0.29) is 5.91 Å². The lowest BCUT2D eigenvalue weighted by Crippen LogP contribution is -2.19. The molecule has 1 aliphatic heterocycles. The van der Waals surface area contributed by atoms with Crippen LogP contribution in [-0.4, -0.2) is 10.9 Å². The maximum atomic E-state index is 11.0. The second-order valence-corrected chi connectivity index (χ2v) is 3.56. The third kappa shape index (κ3) is 1.22. The minimum absolute atomic E-state index is 0.0781. The lowest BCUT2D eigenvalue weighted by Gasteiger charge is -2.16. The predicted molar refractivity (Wildman–Crippen MR) is 48.9 cm³/mol. The molecule has 1 aromatic rings. The summed E-state index contributed by atoms with van der Waals surface area (Å²) in [5, 5.41) is 2.80. The number of aromatic nitrogens is 1. The molecule has 0 aromatic carbocycles. The van der Waals surface area contributed by atoms with Gasteiger partial charge in [0.25, 0.3) is 0 Å². The van der Waals surface area contributed by atoms with Crippen LogP contribution >= 0.6 is 15.9 Å². The second kappa shape index (κ2) is 2.86. The Morgan fingerprint density at radius 1 is 1.42 bits per heavy atom. The van der Waals surface area contributed by atoms with Crippen LogP contribution < -0.4 is 5.32 Å². The first-order valence-corrected chi connectivity index (χ1v) is 4.49. The highest BCUT2D eigenvalue weighted by atomic mass is 79.9. The summed E-state index contributed by atoms with van der Waals surface area (Å²) in [5.41, 5.74) is 1.98. The lowest BCUT2D eigenvalue weighted by molar-refractivity contribution is -0.116. The van der Waals surface area contributed by atoms with E-state index >= 15 is 0 Å². The van der Waals surface area contributed by atoms with Crippen LogP contribution in [-0.2, 0) is 11.2 Å². The summed E-state index contributed by atoms with van der Waals surface area (Å²) >= 11 is 3.33. The summed E-state index contributed by atoms with van der Waals surface area (Å²) in [6.07, 6.45) is 4.82. The maximum Gasteiger partial charge on any atom is 0.224 e. The van der Waals surface area contributed by atoms with Gasteiger partial charge >= 0.3 is 0 Å². The summed E-state index contributed by atoms with van der Waals surface area (Å²) < 4.78 is 0.855. The molecule has 0 radical (unpaired) electrons. The zero-order valence-electron chi connectivity index (χ0n) is 6.30. The molecule has 0 unspecified atom stereocenters. The van der Waals surface area contributed by atoms with Gasteiger partial charge in [-0.05, 0) is 27.9 Å². The molecule has 2 heterocycles. The van der Waals surface area contributed by atoms with Gasteiger partial charge in [0.1, 0.15) is 0 Å². The number of fused-ring (bicyclic) bond motifs is 1. The standard InChI is InChI=1S/C8H7BrN2O/c9-6-4-10-3-5-1-2-7(12)11-8(5)6/h3-4H,1-2H2,(H,11,12). The van der Waals surface area contributed by atoms with Crippen molar-refractivity contribution in [3.8, 4) is 0 Å². The van der Waals surface area contributed by atoms with Crippen molar-refractivity contribution >= 4 is 27.5 Å². The van der Waals surface area contributed by atoms with Crippen LogP contribution in [0.3, 0.4) is 0 Å². The molecule has 0 bridgehead atoms. The molecule has 0 aliphatic carbocycles. The van der Waals surface area contributed by atoms with Crippen molar-refractivity contribution < 1.29 is 4.79 Å². The van der Waals surface area contributed by atoms with Gasteiger partial charge in [0.15, 0.2) is 0 Å². The predicted octanol–water partition coefficient (Wildman–Crippen LogP) is 1.73. The molecule has 0 saturated carbocycles. The van der Waals surface area contributed by atoms with E-state index in [1.807, 2.05) is 0 Å². The van der Waals surface area contributed by atoms with Crippen molar-refractivity contribution in [3.05, 3.63) is 22.4 Å². The van der Waals surface area contributed by atoms with Crippen molar-refractivity contribution in [2.24, 2.45) is 0 Å². The highest BCUT2D eigenvalue weighted by molar-refractivity contribution is 9.10.